The van der Waals surface area contributed by atoms with Crippen molar-refractivity contribution in [1.29, 1.82) is 0 Å². The van der Waals surface area contributed by atoms with Crippen molar-refractivity contribution in [2.45, 2.75) is 13.1 Å². The summed E-state index contributed by atoms with van der Waals surface area (Å²) in [7, 11) is 0. The number of hydrogen-bond donors (Lipinski definition) is 2. The van der Waals surface area contributed by atoms with Gasteiger partial charge < -0.3 is 42.8 Å². The van der Waals surface area contributed by atoms with E-state index in [0.29, 0.717) is 0 Å². The normalized spacial score (nSPS) is 9.89. The lowest BCUT2D eigenvalue weighted by Gasteiger charge is -2.06. The van der Waals surface area contributed by atoms with Crippen LogP contribution in [0.4, 0.5) is 0 Å². The maximum absolute atomic E-state index is 12.5. The second kappa shape index (κ2) is 13.3. The van der Waals surface area contributed by atoms with Crippen molar-refractivity contribution in [3.63, 3.8) is 0 Å². The molecule has 0 spiro atoms. The highest BCUT2D eigenvalue weighted by atomic mass is 79.9. The summed E-state index contributed by atoms with van der Waals surface area (Å²) in [5.74, 6) is -1.18. The topological polar surface area (TPSA) is 126 Å². The van der Waals surface area contributed by atoms with Gasteiger partial charge in [0.2, 0.25) is 13.1 Å². The molecule has 0 atom stereocenters. The van der Waals surface area contributed by atoms with Crippen LogP contribution in [0.3, 0.4) is 0 Å². The average molecular weight is 620 g/mol. The van der Waals surface area contributed by atoms with Crippen LogP contribution in [0.1, 0.15) is 41.8 Å². The number of halogens is 2. The van der Waals surface area contributed by atoms with Crippen molar-refractivity contribution >= 4 is 23.4 Å². The molecule has 4 aromatic rings. The van der Waals surface area contributed by atoms with Crippen LogP contribution in [0.2, 0.25) is 0 Å². The van der Waals surface area contributed by atoms with Crippen molar-refractivity contribution in [3.05, 3.63) is 108 Å². The van der Waals surface area contributed by atoms with Crippen LogP contribution in [0.15, 0.2) is 94.7 Å². The van der Waals surface area contributed by atoms with Gasteiger partial charge >= 0.3 is 0 Å². The fourth-order valence-electron chi connectivity index (χ4n) is 3.13. The molecule has 186 valence electrons. The molecule has 0 aliphatic heterocycles. The Bertz CT molecular complexity index is 1240. The Morgan fingerprint density at radius 2 is 1.06 bits per heavy atom. The van der Waals surface area contributed by atoms with Gasteiger partial charge in [0, 0.05) is 12.1 Å². The second-order valence-electron chi connectivity index (χ2n) is 7.24. The standard InChI is InChI=1S/C24H18N4O6.2BrH/c29-19(21-7-3-11-33-21)15-27-9-1-5-17(13-27)23(31)25-26-24(32)18-6-2-10-28(14-18)16-20(30)22-8-4-12-34-22;;/h1-14H,15-16H2;2*1H. The van der Waals surface area contributed by atoms with Gasteiger partial charge in [-0.3, -0.25) is 30.0 Å². The smallest absolute Gasteiger partial charge is 0.275 e. The Morgan fingerprint density at radius 3 is 1.42 bits per heavy atom. The SMILES string of the molecule is O=C(NNC(=O)c1ccc[n+](CC(=O)c2ccco2)c1)c1ccc[n+](CC(=O)c2ccco2)c1.[Br-].[Br-]. The molecule has 4 heterocycles. The zero-order chi connectivity index (χ0) is 23.9. The highest BCUT2D eigenvalue weighted by Gasteiger charge is 2.19. The molecule has 0 fully saturated rings. The van der Waals surface area contributed by atoms with Crippen molar-refractivity contribution < 1.29 is 71.1 Å². The summed E-state index contributed by atoms with van der Waals surface area (Å²) in [6.07, 6.45) is 9.08. The van der Waals surface area contributed by atoms with Crippen LogP contribution in [-0.4, -0.2) is 23.4 Å². The van der Waals surface area contributed by atoms with Crippen LogP contribution in [0.5, 0.6) is 0 Å². The molecule has 0 aromatic carbocycles. The molecule has 2 N–H and O–H groups in total. The predicted molar refractivity (Wildman–Crippen MR) is 114 cm³/mol. The summed E-state index contributed by atoms with van der Waals surface area (Å²) in [5.41, 5.74) is 5.16. The maximum Gasteiger partial charge on any atom is 0.275 e. The molecule has 0 aliphatic rings. The van der Waals surface area contributed by atoms with Crippen molar-refractivity contribution in [2.24, 2.45) is 0 Å². The second-order valence-corrected chi connectivity index (χ2v) is 7.24. The summed E-state index contributed by atoms with van der Waals surface area (Å²) in [6, 6.07) is 12.7. The number of aromatic nitrogens is 2. The van der Waals surface area contributed by atoms with Crippen LogP contribution in [-0.2, 0) is 13.1 Å². The van der Waals surface area contributed by atoms with Gasteiger partial charge in [-0.05, 0) is 36.4 Å². The minimum atomic E-state index is -0.565. The fourth-order valence-corrected chi connectivity index (χ4v) is 3.13. The molecule has 36 heavy (non-hydrogen) atoms. The highest BCUT2D eigenvalue weighted by molar-refractivity contribution is 5.98. The molecule has 0 saturated carbocycles. The predicted octanol–water partition coefficient (Wildman–Crippen LogP) is -4.70. The van der Waals surface area contributed by atoms with Crippen molar-refractivity contribution in [3.8, 4) is 0 Å². The molecule has 0 unspecified atom stereocenters. The monoisotopic (exact) mass is 618 g/mol. The molecule has 4 rings (SSSR count). The molecule has 12 heteroatoms. The number of carbonyl (C=O) groups is 4. The zero-order valence-electron chi connectivity index (χ0n) is 18.6. The van der Waals surface area contributed by atoms with Crippen LogP contribution < -0.4 is 53.9 Å². The third-order valence-electron chi connectivity index (χ3n) is 4.77. The van der Waals surface area contributed by atoms with Gasteiger partial charge in [-0.2, -0.15) is 9.13 Å². The molecule has 10 nitrogen and oxygen atoms in total. The quantitative estimate of drug-likeness (QED) is 0.116. The van der Waals surface area contributed by atoms with E-state index in [0.717, 1.165) is 0 Å². The van der Waals surface area contributed by atoms with E-state index in [9.17, 15) is 19.2 Å². The number of nitrogens with one attached hydrogen (secondary N) is 2. The largest absolute Gasteiger partial charge is 1.00 e. The van der Waals surface area contributed by atoms with E-state index in [4.69, 9.17) is 8.83 Å². The Morgan fingerprint density at radius 1 is 0.639 bits per heavy atom. The van der Waals surface area contributed by atoms with Gasteiger partial charge in [0.25, 0.3) is 23.4 Å². The van der Waals surface area contributed by atoms with Crippen LogP contribution in [0.25, 0.3) is 0 Å². The van der Waals surface area contributed by atoms with Crippen LogP contribution in [0, 0.1) is 0 Å². The Labute approximate surface area is 226 Å². The number of amides is 2. The molecule has 2 amide bonds. The lowest BCUT2D eigenvalue weighted by Crippen LogP contribution is -3.00. The number of furan rings is 2. The molecular formula is C24H20Br2N4O6. The van der Waals surface area contributed by atoms with Crippen LogP contribution >= 0.6 is 0 Å². The zero-order valence-corrected chi connectivity index (χ0v) is 21.8. The van der Waals surface area contributed by atoms with E-state index < -0.39 is 11.8 Å². The molecule has 0 aliphatic carbocycles. The van der Waals surface area contributed by atoms with Gasteiger partial charge in [0.05, 0.1) is 12.5 Å². The number of nitrogens with zero attached hydrogens (tertiary/aromatic N) is 2. The number of Topliss-reactive ketones (excluding diaryl/α,β-unsaturated/α-hetero) is 2. The van der Waals surface area contributed by atoms with E-state index in [1.54, 1.807) is 60.9 Å². The summed E-state index contributed by atoms with van der Waals surface area (Å²) >= 11 is 0. The van der Waals surface area contributed by atoms with Gasteiger partial charge in [0.15, 0.2) is 36.3 Å². The lowest BCUT2D eigenvalue weighted by atomic mass is 10.2. The Hall–Kier alpha value is -3.90. The Balaban J connectivity index is 0.00000228. The number of ketones is 2. The number of hydrogen-bond acceptors (Lipinski definition) is 6. The highest BCUT2D eigenvalue weighted by Crippen LogP contribution is 2.03. The van der Waals surface area contributed by atoms with Gasteiger partial charge in [-0.15, -0.1) is 0 Å². The molecule has 0 saturated heterocycles. The summed E-state index contributed by atoms with van der Waals surface area (Å²) in [6.45, 7) is -0.0243. The fraction of sp³-hybridized carbons (Fsp3) is 0.0833. The van der Waals surface area contributed by atoms with Gasteiger partial charge in [0.1, 0.15) is 11.1 Å². The van der Waals surface area contributed by atoms with Crippen molar-refractivity contribution in [2.75, 3.05) is 0 Å². The van der Waals surface area contributed by atoms with Crippen molar-refractivity contribution in [1.82, 2.24) is 10.9 Å². The number of pyridine rings is 2. The lowest BCUT2D eigenvalue weighted by molar-refractivity contribution is -0.683. The van der Waals surface area contributed by atoms with Gasteiger partial charge in [-0.25, -0.2) is 0 Å². The Kier molecular flexibility index (Phi) is 10.4. The van der Waals surface area contributed by atoms with E-state index in [-0.39, 0.29) is 81.3 Å². The number of rotatable bonds is 8. The molecule has 4 aromatic heterocycles. The average Bonchev–Trinajstić information content (AvgIpc) is 3.57. The minimum absolute atomic E-state index is 0. The summed E-state index contributed by atoms with van der Waals surface area (Å²) in [5, 5.41) is 0. The minimum Gasteiger partial charge on any atom is -1.00 e. The third kappa shape index (κ3) is 7.30. The summed E-state index contributed by atoms with van der Waals surface area (Å²) < 4.78 is 13.3. The van der Waals surface area contributed by atoms with E-state index in [2.05, 4.69) is 10.9 Å². The molecular weight excluding hydrogens is 600 g/mol. The third-order valence-corrected chi connectivity index (χ3v) is 4.77. The number of hydrazine groups is 1. The first-order valence-electron chi connectivity index (χ1n) is 10.2. The summed E-state index contributed by atoms with van der Waals surface area (Å²) in [4.78, 5) is 49.4. The molecule has 0 bridgehead atoms. The number of carbonyl (C=O) groups excluding carboxylic acids is 4. The first kappa shape index (κ1) is 28.3. The van der Waals surface area contributed by atoms with Gasteiger partial charge in [-0.1, -0.05) is 0 Å². The van der Waals surface area contributed by atoms with E-state index in [1.165, 1.54) is 34.1 Å². The molecule has 0 radical (unpaired) electrons. The first-order chi connectivity index (χ1) is 16.5. The van der Waals surface area contributed by atoms with E-state index in [1.807, 2.05) is 0 Å². The van der Waals surface area contributed by atoms with E-state index >= 15 is 0 Å². The first-order valence-corrected chi connectivity index (χ1v) is 10.2. The maximum atomic E-state index is 12.5.